The van der Waals surface area contributed by atoms with E-state index in [1.165, 1.54) is 39.0 Å². The summed E-state index contributed by atoms with van der Waals surface area (Å²) in [5.74, 6) is 0.127. The summed E-state index contributed by atoms with van der Waals surface area (Å²) in [5.41, 5.74) is 4.98. The molecule has 41 heteroatoms. The first kappa shape index (κ1) is 82.8. The molecule has 6 amide bonds. The summed E-state index contributed by atoms with van der Waals surface area (Å²) in [6, 6.07) is 23.9. The number of piperidine rings is 4. The molecule has 2 spiro atoms. The Labute approximate surface area is 683 Å². The lowest BCUT2D eigenvalue weighted by atomic mass is 9.79. The van der Waals surface area contributed by atoms with E-state index in [4.69, 9.17) is 23.2 Å². The van der Waals surface area contributed by atoms with Crippen LogP contribution in [0.5, 0.6) is 0 Å². The highest BCUT2D eigenvalue weighted by Gasteiger charge is 2.53. The molecule has 6 saturated heterocycles. The Morgan fingerprint density at radius 1 is 0.475 bits per heavy atom. The molecule has 8 N–H and O–H groups in total. The number of fused-ring (bicyclic) bond motifs is 6. The van der Waals surface area contributed by atoms with Crippen molar-refractivity contribution < 1.29 is 70.8 Å². The number of carbonyl (C=O) groups excluding carboxylic acids is 4. The first-order valence-corrected chi connectivity index (χ1v) is 44.1. The van der Waals surface area contributed by atoms with Crippen molar-refractivity contribution in [3.63, 3.8) is 0 Å². The van der Waals surface area contributed by atoms with Gasteiger partial charge in [0.05, 0.1) is 111 Å². The van der Waals surface area contributed by atoms with Crippen molar-refractivity contribution in [3.05, 3.63) is 154 Å². The standard InChI is InChI=1S/C17H15F3N4O2S.C15H16ClN5O2.C15H18ClN3O2S.C15H14F3N5O2.C15H21N3O2S/c1-27(25,26)24-7-6-23(14-4-2-3-5-15(14)24)16-9-11(17(18,19)20)8-13-12(16)10-21-22-13;1-20-14(23)18-13(22)15(20)2-4-21(5-3-15)12-7-9(16)6-11-10(12)8-17-19-11;16-11-7-13(14-9-17-18-15(14)8-11)10-3-5-19(6-4-10)22(20,21)12-1-2-12;16-15(17,18)8-5-10-9(7-19-22-10)11(6-8)23-3-1-14(2-4-23)12(24)20-13(25)21-14;1-15(2)9-11(7-8-18(15)21(3,19)20)12-5-4-6-14-13(12)10-16-17-14/h2-5,8-10H,6-7H2,1H3,(H,21,22);6-8H,2-5H2,1H3,(H,17,19)(H,18,22,23);7-10,12H,1-6H2,(H,17,18);5-7H,1-4H2,(H,19,22)(H2,20,21,24,25);4-6,10-11H,7-9H2,1-3H3,(H,16,17). The SMILES string of the molecule is CC1(C)CC(c2cccc3[nH]ncc23)CCN1S(C)(=O)=O.CN1C(=O)NC(=O)C12CCN(c1cc(Cl)cc3[nH]ncc13)CC2.CS(=O)(=O)N1CCN(c2cc(C(F)(F)F)cc3[nH]ncc23)c2ccccc21.O=C1NC(=O)C2(CCN(c3cc(C(F)(F)F)cc4[nH]ncc34)CC2)N1.O=S(=O)(C1CC1)N1CCC(c2cc(Cl)cc3[nH]ncc23)CC1. The van der Waals surface area contributed by atoms with Gasteiger partial charge in [-0.3, -0.25) is 50.0 Å². The second-order valence-corrected chi connectivity index (χ2v) is 38.4. The summed E-state index contributed by atoms with van der Waals surface area (Å²) >= 11 is 12.4. The zero-order valence-corrected chi connectivity index (χ0v) is 68.4. The molecule has 1 saturated carbocycles. The number of aromatic nitrogens is 10. The molecule has 1 aliphatic carbocycles. The van der Waals surface area contributed by atoms with Crippen LogP contribution in [-0.2, 0) is 52.0 Å². The van der Waals surface area contributed by atoms with E-state index in [9.17, 15) is 70.8 Å². The Kier molecular flexibility index (Phi) is 22.0. The van der Waals surface area contributed by atoms with Crippen LogP contribution < -0.4 is 35.0 Å². The van der Waals surface area contributed by atoms with Gasteiger partial charge in [-0.15, -0.1) is 0 Å². The van der Waals surface area contributed by atoms with E-state index in [1.54, 1.807) is 55.9 Å². The van der Waals surface area contributed by atoms with Crippen LogP contribution in [0.3, 0.4) is 0 Å². The van der Waals surface area contributed by atoms with Crippen LogP contribution in [0.1, 0.15) is 112 Å². The van der Waals surface area contributed by atoms with Crippen LogP contribution in [0.2, 0.25) is 10.0 Å². The van der Waals surface area contributed by atoms with Crippen molar-refractivity contribution in [3.8, 4) is 0 Å². The monoisotopic (exact) mass is 1730 g/mol. The average molecular weight is 1730 g/mol. The number of likely N-dealkylation sites (N-methyl/N-ethyl adjacent to an activating group) is 1. The number of imide groups is 2. The number of aromatic amines is 5. The summed E-state index contributed by atoms with van der Waals surface area (Å²) in [4.78, 5) is 54.5. The lowest BCUT2D eigenvalue weighted by Gasteiger charge is -2.44. The zero-order chi connectivity index (χ0) is 84.0. The summed E-state index contributed by atoms with van der Waals surface area (Å²) in [7, 11) is -8.02. The summed E-state index contributed by atoms with van der Waals surface area (Å²) in [6.07, 6.45) is 8.67. The average Bonchev–Trinajstić information content (AvgIpc) is 1.36. The normalized spacial score (nSPS) is 20.0. The van der Waals surface area contributed by atoms with Gasteiger partial charge in [0, 0.05) is 113 Å². The molecule has 6 aromatic carbocycles. The molecule has 0 radical (unpaired) electrons. The zero-order valence-electron chi connectivity index (χ0n) is 64.4. The minimum atomic E-state index is -4.51. The predicted molar refractivity (Wildman–Crippen MR) is 436 cm³/mol. The van der Waals surface area contributed by atoms with Gasteiger partial charge in [-0.2, -0.15) is 56.1 Å². The van der Waals surface area contributed by atoms with E-state index in [0.29, 0.717) is 132 Å². The van der Waals surface area contributed by atoms with Gasteiger partial charge in [0.25, 0.3) is 11.8 Å². The Morgan fingerprint density at radius 2 is 0.966 bits per heavy atom. The lowest BCUT2D eigenvalue weighted by Crippen LogP contribution is -2.55. The number of rotatable bonds is 9. The molecule has 118 heavy (non-hydrogen) atoms. The number of alkyl halides is 6. The van der Waals surface area contributed by atoms with E-state index in [-0.39, 0.29) is 47.2 Å². The molecular formula is C77H84Cl2F6N20O10S3. The molecule has 5 aromatic heterocycles. The number of amides is 6. The Balaban J connectivity index is 0.000000116. The first-order valence-electron chi connectivity index (χ1n) is 38.1. The summed E-state index contributed by atoms with van der Waals surface area (Å²) < 4.78 is 157. The maximum absolute atomic E-state index is 13.3. The van der Waals surface area contributed by atoms with Crippen LogP contribution in [0.15, 0.2) is 122 Å². The molecule has 1 atom stereocenters. The van der Waals surface area contributed by atoms with Gasteiger partial charge in [0.1, 0.15) is 11.1 Å². The quantitative estimate of drug-likeness (QED) is 0.0491. The fraction of sp³-hybridized carbons (Fsp3) is 0.416. The molecule has 7 fully saturated rings. The number of anilines is 5. The molecular weight excluding hydrogens is 1650 g/mol. The third-order valence-electron chi connectivity index (χ3n) is 23.6. The van der Waals surface area contributed by atoms with Crippen LogP contribution in [0.4, 0.5) is 64.4 Å². The smallest absolute Gasteiger partial charge is 0.371 e. The molecule has 626 valence electrons. The van der Waals surface area contributed by atoms with Crippen molar-refractivity contribution in [1.82, 2.24) is 80.4 Å². The molecule has 1 unspecified atom stereocenters. The third-order valence-corrected chi connectivity index (χ3v) is 29.1. The van der Waals surface area contributed by atoms with E-state index < -0.39 is 70.7 Å². The van der Waals surface area contributed by atoms with Crippen molar-refractivity contribution in [2.75, 3.05) is 97.5 Å². The van der Waals surface area contributed by atoms with Crippen LogP contribution >= 0.6 is 23.2 Å². The van der Waals surface area contributed by atoms with E-state index in [0.717, 1.165) is 107 Å². The highest BCUT2D eigenvalue weighted by molar-refractivity contribution is 7.92. The van der Waals surface area contributed by atoms with Gasteiger partial charge in [-0.25, -0.2) is 39.1 Å². The molecule has 7 aliphatic heterocycles. The number of para-hydroxylation sites is 2. The molecule has 11 aromatic rings. The number of halogens is 8. The number of carbonyl (C=O) groups is 4. The van der Waals surface area contributed by atoms with Crippen molar-refractivity contribution in [1.29, 1.82) is 0 Å². The van der Waals surface area contributed by atoms with Crippen molar-refractivity contribution in [2.24, 2.45) is 0 Å². The van der Waals surface area contributed by atoms with Gasteiger partial charge in [0.2, 0.25) is 30.1 Å². The van der Waals surface area contributed by atoms with Gasteiger partial charge in [-0.1, -0.05) is 47.5 Å². The van der Waals surface area contributed by atoms with E-state index in [2.05, 4.69) is 77.9 Å². The predicted octanol–water partition coefficient (Wildman–Crippen LogP) is 12.4. The molecule has 12 heterocycles. The Bertz CT molecular complexity index is 6070. The summed E-state index contributed by atoms with van der Waals surface area (Å²) in [6.45, 7) is 8.18. The first-order chi connectivity index (χ1) is 55.8. The van der Waals surface area contributed by atoms with Crippen molar-refractivity contribution in [2.45, 2.75) is 124 Å². The largest absolute Gasteiger partial charge is 0.416 e. The number of hydrogen-bond acceptors (Lipinski definition) is 18. The minimum Gasteiger partial charge on any atom is -0.371 e. The fourth-order valence-electron chi connectivity index (χ4n) is 17.4. The van der Waals surface area contributed by atoms with Gasteiger partial charge >= 0.3 is 24.4 Å². The van der Waals surface area contributed by atoms with E-state index in [1.807, 2.05) is 62.6 Å². The second kappa shape index (κ2) is 31.4. The fourth-order valence-corrected chi connectivity index (χ4v) is 22.0. The molecule has 30 nitrogen and oxygen atoms in total. The number of benzene rings is 6. The minimum absolute atomic E-state index is 0.115. The Hall–Kier alpha value is -10.3. The van der Waals surface area contributed by atoms with Crippen LogP contribution in [0, 0.1) is 0 Å². The number of nitrogens with one attached hydrogen (secondary N) is 8. The van der Waals surface area contributed by atoms with Crippen LogP contribution in [0.25, 0.3) is 54.5 Å². The number of hydrogen-bond donors (Lipinski definition) is 8. The lowest BCUT2D eigenvalue weighted by molar-refractivity contribution is -0.138. The Morgan fingerprint density at radius 3 is 1.48 bits per heavy atom. The molecule has 0 bridgehead atoms. The second-order valence-electron chi connectivity index (χ2n) is 31.5. The maximum atomic E-state index is 13.3. The number of H-pyrrole nitrogens is 5. The van der Waals surface area contributed by atoms with Crippen molar-refractivity contribution >= 4 is 160 Å². The highest BCUT2D eigenvalue weighted by Crippen LogP contribution is 2.47. The third kappa shape index (κ3) is 16.4. The summed E-state index contributed by atoms with van der Waals surface area (Å²) in [5, 5.41) is 46.9. The van der Waals surface area contributed by atoms with Gasteiger partial charge in [-0.05, 0) is 168 Å². The molecule has 19 rings (SSSR count). The molecule has 8 aliphatic rings. The maximum Gasteiger partial charge on any atom is 0.416 e. The number of sulfonamides is 3. The van der Waals surface area contributed by atoms with E-state index >= 15 is 0 Å². The number of nitrogens with zero attached hydrogens (tertiary/aromatic N) is 12. The van der Waals surface area contributed by atoms with Crippen LogP contribution in [-0.4, -0.2) is 214 Å². The topological polar surface area (TPSA) is 373 Å². The number of urea groups is 2. The van der Waals surface area contributed by atoms with Gasteiger partial charge < -0.3 is 24.9 Å². The van der Waals surface area contributed by atoms with Gasteiger partial charge in [0.15, 0.2) is 0 Å². The highest BCUT2D eigenvalue weighted by atomic mass is 35.5.